The summed E-state index contributed by atoms with van der Waals surface area (Å²) in [6.07, 6.45) is 5.45. The van der Waals surface area contributed by atoms with Gasteiger partial charge in [0, 0.05) is 45.0 Å². The number of nitrogens with one attached hydrogen (secondary N) is 2. The molecule has 3 N–H and O–H groups in total. The van der Waals surface area contributed by atoms with Crippen LogP contribution in [0.2, 0.25) is 0 Å². The summed E-state index contributed by atoms with van der Waals surface area (Å²) in [7, 11) is 3.60. The molecule has 1 aromatic carbocycles. The predicted octanol–water partition coefficient (Wildman–Crippen LogP) is 2.05. The number of ether oxygens (including phenoxy) is 2. The van der Waals surface area contributed by atoms with Crippen molar-refractivity contribution in [3.63, 3.8) is 0 Å². The number of rotatable bonds is 9. The van der Waals surface area contributed by atoms with Crippen molar-refractivity contribution >= 4 is 17.6 Å². The third-order valence-electron chi connectivity index (χ3n) is 5.14. The molecule has 11 heteroatoms. The minimum atomic E-state index is -0.747. The molecule has 3 rings (SSSR count). The third-order valence-corrected chi connectivity index (χ3v) is 5.14. The van der Waals surface area contributed by atoms with E-state index in [-0.39, 0.29) is 40.4 Å². The molecule has 0 bridgehead atoms. The molecule has 35 heavy (non-hydrogen) atoms. The van der Waals surface area contributed by atoms with E-state index in [0.717, 1.165) is 6.42 Å². The van der Waals surface area contributed by atoms with Gasteiger partial charge in [-0.05, 0) is 38.5 Å². The Morgan fingerprint density at radius 1 is 1.17 bits per heavy atom. The first-order chi connectivity index (χ1) is 16.6. The zero-order chi connectivity index (χ0) is 25.5. The van der Waals surface area contributed by atoms with Crippen molar-refractivity contribution < 1.29 is 24.2 Å². The van der Waals surface area contributed by atoms with Crippen LogP contribution >= 0.6 is 0 Å². The van der Waals surface area contributed by atoms with E-state index in [0.29, 0.717) is 13.1 Å². The number of benzene rings is 1. The Hall–Kier alpha value is -3.99. The van der Waals surface area contributed by atoms with Crippen LogP contribution in [0.4, 0.5) is 0 Å². The van der Waals surface area contributed by atoms with E-state index in [4.69, 9.17) is 14.9 Å². The molecular formula is C24H30N6O5. The van der Waals surface area contributed by atoms with E-state index in [1.165, 1.54) is 30.6 Å². The van der Waals surface area contributed by atoms with Gasteiger partial charge in [-0.3, -0.25) is 15.0 Å². The Balaban J connectivity index is 1.80. The first kappa shape index (κ1) is 25.6. The van der Waals surface area contributed by atoms with Gasteiger partial charge in [0.25, 0.3) is 11.8 Å². The van der Waals surface area contributed by atoms with E-state index >= 15 is 0 Å². The molecule has 1 aliphatic heterocycles. The monoisotopic (exact) mass is 482 g/mol. The molecule has 1 fully saturated rings. The van der Waals surface area contributed by atoms with Gasteiger partial charge < -0.3 is 29.7 Å². The van der Waals surface area contributed by atoms with Gasteiger partial charge in [-0.2, -0.15) is 0 Å². The number of carbonyl (C=O) groups excluding carboxylic acids is 2. The minimum Gasteiger partial charge on any atom is -0.488 e. The van der Waals surface area contributed by atoms with Crippen LogP contribution in [0.5, 0.6) is 17.4 Å². The quantitative estimate of drug-likeness (QED) is 0.364. The number of hydrogen-bond acceptors (Lipinski definition) is 9. The molecule has 0 saturated carbocycles. The number of likely N-dealkylation sites (tertiary alicyclic amines) is 1. The molecule has 0 spiro atoms. The number of amidine groups is 1. The molecule has 2 unspecified atom stereocenters. The molecule has 0 aliphatic carbocycles. The Morgan fingerprint density at radius 3 is 2.46 bits per heavy atom. The third kappa shape index (κ3) is 7.24. The van der Waals surface area contributed by atoms with Gasteiger partial charge in [-0.1, -0.05) is 0 Å². The lowest BCUT2D eigenvalue weighted by Crippen LogP contribution is -2.42. The second-order valence-electron chi connectivity index (χ2n) is 8.39. The maximum absolute atomic E-state index is 12.8. The van der Waals surface area contributed by atoms with Crippen LogP contribution in [0, 0.1) is 5.41 Å². The van der Waals surface area contributed by atoms with Gasteiger partial charge in [0.05, 0.1) is 18.5 Å². The second-order valence-corrected chi connectivity index (χ2v) is 8.39. The van der Waals surface area contributed by atoms with Crippen molar-refractivity contribution in [3.05, 3.63) is 54.1 Å². The Morgan fingerprint density at radius 2 is 1.89 bits per heavy atom. The lowest BCUT2D eigenvalue weighted by molar-refractivity contribution is 0.0602. The van der Waals surface area contributed by atoms with Crippen molar-refractivity contribution in [3.8, 4) is 17.4 Å². The lowest BCUT2D eigenvalue weighted by Gasteiger charge is -2.30. The number of carbonyl (C=O) groups is 2. The molecule has 11 nitrogen and oxygen atoms in total. The fourth-order valence-electron chi connectivity index (χ4n) is 2.88. The molecule has 2 heterocycles. The number of hydrogen-bond donors (Lipinski definition) is 3. The summed E-state index contributed by atoms with van der Waals surface area (Å²) in [6.45, 7) is 4.71. The summed E-state index contributed by atoms with van der Waals surface area (Å²) in [5.74, 6) is -0.171. The van der Waals surface area contributed by atoms with Crippen LogP contribution in [-0.2, 0) is 0 Å². The molecular weight excluding hydrogens is 452 g/mol. The molecule has 1 aliphatic rings. The van der Waals surface area contributed by atoms with E-state index in [2.05, 4.69) is 15.3 Å². The van der Waals surface area contributed by atoms with Crippen molar-refractivity contribution in [2.45, 2.75) is 32.5 Å². The maximum atomic E-state index is 12.8. The van der Waals surface area contributed by atoms with Crippen LogP contribution < -0.4 is 14.8 Å². The lowest BCUT2D eigenvalue weighted by atomic mass is 10.1. The summed E-state index contributed by atoms with van der Waals surface area (Å²) in [5.41, 5.74) is 0.403. The summed E-state index contributed by atoms with van der Waals surface area (Å²) < 4.78 is 11.5. The van der Waals surface area contributed by atoms with Crippen molar-refractivity contribution in [2.24, 2.45) is 0 Å². The fraction of sp³-hybridized carbons (Fsp3) is 0.375. The van der Waals surface area contributed by atoms with E-state index < -0.39 is 18.1 Å². The molecule has 186 valence electrons. The van der Waals surface area contributed by atoms with Gasteiger partial charge in [-0.15, -0.1) is 0 Å². The van der Waals surface area contributed by atoms with E-state index in [1.807, 2.05) is 0 Å². The minimum absolute atomic E-state index is 0.0943. The molecule has 2 atom stereocenters. The smallest absolute Gasteiger partial charge is 0.274 e. The Bertz CT molecular complexity index is 1100. The predicted molar refractivity (Wildman–Crippen MR) is 129 cm³/mol. The number of aliphatic hydroxyl groups is 1. The summed E-state index contributed by atoms with van der Waals surface area (Å²) in [5, 5.41) is 20.2. The first-order valence-electron chi connectivity index (χ1n) is 11.2. The second kappa shape index (κ2) is 11.4. The molecule has 1 aromatic heterocycles. The highest BCUT2D eigenvalue weighted by Gasteiger charge is 2.23. The zero-order valence-electron chi connectivity index (χ0n) is 20.2. The number of aliphatic hydroxyl groups excluding tert-OH is 1. The summed E-state index contributed by atoms with van der Waals surface area (Å²) in [6, 6.07) is 4.51. The largest absolute Gasteiger partial charge is 0.488 e. The van der Waals surface area contributed by atoms with Crippen LogP contribution in [0.15, 0.2) is 42.9 Å². The number of nitrogens with zero attached hydrogens (tertiary/aromatic N) is 4. The Kier molecular flexibility index (Phi) is 8.37. The van der Waals surface area contributed by atoms with E-state index in [9.17, 15) is 14.7 Å². The van der Waals surface area contributed by atoms with Gasteiger partial charge in [0.15, 0.2) is 0 Å². The molecule has 0 radical (unpaired) electrons. The molecule has 2 aromatic rings. The van der Waals surface area contributed by atoms with Gasteiger partial charge in [-0.25, -0.2) is 9.97 Å². The maximum Gasteiger partial charge on any atom is 0.274 e. The highest BCUT2D eigenvalue weighted by atomic mass is 16.5. The van der Waals surface area contributed by atoms with Crippen LogP contribution in [0.25, 0.3) is 0 Å². The van der Waals surface area contributed by atoms with Crippen molar-refractivity contribution in [1.29, 1.82) is 5.41 Å². The average molecular weight is 483 g/mol. The highest BCUT2D eigenvalue weighted by molar-refractivity contribution is 6.09. The van der Waals surface area contributed by atoms with Crippen LogP contribution in [0.1, 0.15) is 41.1 Å². The average Bonchev–Trinajstić information content (AvgIpc) is 2.76. The van der Waals surface area contributed by atoms with Gasteiger partial charge >= 0.3 is 0 Å². The van der Waals surface area contributed by atoms with Crippen molar-refractivity contribution in [1.82, 2.24) is 25.1 Å². The topological polar surface area (TPSA) is 141 Å². The normalized spacial score (nSPS) is 14.6. The molecule has 1 saturated heterocycles. The standard InChI is InChI=1S/C24H30N6O5/c1-15(31)16(2)34-18-10-17(23(32)28-21(25)6-9-29(3)4)11-19(12-18)35-22-14-26-20(13-27-22)24(33)30-7-5-8-30/h6,9-16,31H,5,7-8H2,1-4H3,(H2,25,28,32)/b9-6-. The van der Waals surface area contributed by atoms with Crippen LogP contribution in [0.3, 0.4) is 0 Å². The zero-order valence-corrected chi connectivity index (χ0v) is 20.2. The summed E-state index contributed by atoms with van der Waals surface area (Å²) >= 11 is 0. The SMILES string of the molecule is CC(O)C(C)Oc1cc(Oc2cnc(C(=O)N3CCC3)cn2)cc(C(=O)NC(=N)/C=C\N(C)C)c1. The van der Waals surface area contributed by atoms with E-state index in [1.54, 1.807) is 50.0 Å². The summed E-state index contributed by atoms with van der Waals surface area (Å²) in [4.78, 5) is 36.8. The van der Waals surface area contributed by atoms with Gasteiger partial charge in [0.2, 0.25) is 5.88 Å². The highest BCUT2D eigenvalue weighted by Crippen LogP contribution is 2.28. The number of amides is 2. The Labute approximate surface area is 203 Å². The fourth-order valence-corrected chi connectivity index (χ4v) is 2.88. The van der Waals surface area contributed by atoms with Crippen molar-refractivity contribution in [2.75, 3.05) is 27.2 Å². The number of aromatic nitrogens is 2. The van der Waals surface area contributed by atoms with Gasteiger partial charge in [0.1, 0.15) is 29.1 Å². The molecule has 2 amide bonds. The van der Waals surface area contributed by atoms with Crippen LogP contribution in [-0.4, -0.2) is 81.9 Å². The first-order valence-corrected chi connectivity index (χ1v) is 11.2.